The number of hydrogen-bond donors (Lipinski definition) is 2. The van der Waals surface area contributed by atoms with Crippen molar-refractivity contribution in [1.29, 1.82) is 0 Å². The molecule has 8 heteroatoms. The van der Waals surface area contributed by atoms with Crippen LogP contribution >= 0.6 is 0 Å². The molecule has 0 aromatic rings. The molecule has 0 amide bonds. The van der Waals surface area contributed by atoms with Crippen LogP contribution in [-0.2, 0) is 28.5 Å². The maximum Gasteiger partial charge on any atom is 0.188 e. The average Bonchev–Trinajstić information content (AvgIpc) is 2.64. The third kappa shape index (κ3) is 9.45. The molecule has 0 aromatic carbocycles. The molecule has 0 aliphatic heterocycles. The fraction of sp³-hybridized carbons (Fsp3) is 0.700. The van der Waals surface area contributed by atoms with E-state index in [1.807, 2.05) is 0 Å². The van der Waals surface area contributed by atoms with E-state index in [1.165, 1.54) is 26.4 Å². The highest BCUT2D eigenvalue weighted by molar-refractivity contribution is 5.97. The molecule has 8 nitrogen and oxygen atoms in total. The zero-order chi connectivity index (χ0) is 21.8. The second kappa shape index (κ2) is 12.7. The summed E-state index contributed by atoms with van der Waals surface area (Å²) in [5.41, 5.74) is -0.509. The van der Waals surface area contributed by atoms with E-state index >= 15 is 0 Å². The van der Waals surface area contributed by atoms with Gasteiger partial charge >= 0.3 is 0 Å². The largest absolute Gasteiger partial charge is 0.385 e. The summed E-state index contributed by atoms with van der Waals surface area (Å²) in [6.07, 6.45) is 2.98. The Hall–Kier alpha value is -1.74. The molecule has 0 aliphatic rings. The van der Waals surface area contributed by atoms with Gasteiger partial charge in [-0.15, -0.1) is 0 Å². The Labute approximate surface area is 168 Å². The molecular weight excluding hydrogens is 364 g/mol. The van der Waals surface area contributed by atoms with Gasteiger partial charge in [0.25, 0.3) is 0 Å². The van der Waals surface area contributed by atoms with Gasteiger partial charge in [-0.3, -0.25) is 9.59 Å². The summed E-state index contributed by atoms with van der Waals surface area (Å²) >= 11 is 0. The second-order valence-electron chi connectivity index (χ2n) is 7.22. The maximum absolute atomic E-state index is 12.3. The van der Waals surface area contributed by atoms with E-state index in [1.54, 1.807) is 41.9 Å². The van der Waals surface area contributed by atoms with E-state index in [9.17, 15) is 9.59 Å². The maximum atomic E-state index is 12.3. The van der Waals surface area contributed by atoms with E-state index in [0.29, 0.717) is 24.5 Å². The van der Waals surface area contributed by atoms with Crippen LogP contribution in [0.3, 0.4) is 0 Å². The van der Waals surface area contributed by atoms with Crippen molar-refractivity contribution in [3.63, 3.8) is 0 Å². The summed E-state index contributed by atoms with van der Waals surface area (Å²) in [7, 11) is 6.11. The van der Waals surface area contributed by atoms with Crippen LogP contribution in [0.4, 0.5) is 0 Å². The van der Waals surface area contributed by atoms with E-state index in [2.05, 4.69) is 10.6 Å². The lowest BCUT2D eigenvalue weighted by Crippen LogP contribution is -2.35. The summed E-state index contributed by atoms with van der Waals surface area (Å²) in [5.74, 6) is -0.315. The van der Waals surface area contributed by atoms with Gasteiger partial charge in [0.15, 0.2) is 11.6 Å². The minimum absolute atomic E-state index is 0.158. The molecule has 0 saturated carbocycles. The Morgan fingerprint density at radius 3 is 1.29 bits per heavy atom. The first kappa shape index (κ1) is 26.3. The molecule has 28 heavy (non-hydrogen) atoms. The van der Waals surface area contributed by atoms with Crippen LogP contribution in [0.1, 0.15) is 27.7 Å². The highest BCUT2D eigenvalue weighted by atomic mass is 16.5. The van der Waals surface area contributed by atoms with Gasteiger partial charge in [0, 0.05) is 65.1 Å². The first-order valence-corrected chi connectivity index (χ1v) is 9.10. The topological polar surface area (TPSA) is 95.1 Å². The molecule has 0 spiro atoms. The van der Waals surface area contributed by atoms with Crippen molar-refractivity contribution in [1.82, 2.24) is 10.6 Å². The van der Waals surface area contributed by atoms with E-state index in [4.69, 9.17) is 18.9 Å². The number of ketones is 2. The SMILES string of the molecule is COCC(=CC(=O)C(C)(C)OC)NCCNC(=CC(=O)C(C)(C)OC)COC. The number of methoxy groups -OCH3 is 4. The van der Waals surface area contributed by atoms with Crippen LogP contribution in [0.2, 0.25) is 0 Å². The van der Waals surface area contributed by atoms with Gasteiger partial charge < -0.3 is 29.6 Å². The zero-order valence-corrected chi connectivity index (χ0v) is 18.4. The summed E-state index contributed by atoms with van der Waals surface area (Å²) in [6, 6.07) is 0. The minimum Gasteiger partial charge on any atom is -0.385 e. The van der Waals surface area contributed by atoms with Crippen molar-refractivity contribution < 1.29 is 28.5 Å². The predicted octanol–water partition coefficient (Wildman–Crippen LogP) is 1.21. The molecule has 0 atom stereocenters. The Morgan fingerprint density at radius 1 is 0.714 bits per heavy atom. The Bertz CT molecular complexity index is 517. The number of carbonyl (C=O) groups is 2. The van der Waals surface area contributed by atoms with E-state index in [0.717, 1.165) is 0 Å². The lowest BCUT2D eigenvalue weighted by atomic mass is 10.0. The summed E-state index contributed by atoms with van der Waals surface area (Å²) < 4.78 is 20.7. The van der Waals surface area contributed by atoms with E-state index in [-0.39, 0.29) is 24.8 Å². The smallest absolute Gasteiger partial charge is 0.188 e. The Balaban J connectivity index is 4.87. The van der Waals surface area contributed by atoms with Crippen molar-refractivity contribution in [3.05, 3.63) is 23.5 Å². The number of carbonyl (C=O) groups excluding carboxylic acids is 2. The first-order valence-electron chi connectivity index (χ1n) is 9.10. The van der Waals surface area contributed by atoms with Crippen LogP contribution in [0.25, 0.3) is 0 Å². The second-order valence-corrected chi connectivity index (χ2v) is 7.22. The van der Waals surface area contributed by atoms with E-state index < -0.39 is 11.2 Å². The quantitative estimate of drug-likeness (QED) is 0.313. The third-order valence-corrected chi connectivity index (χ3v) is 4.25. The van der Waals surface area contributed by atoms with Crippen LogP contribution in [0, 0.1) is 0 Å². The average molecular weight is 401 g/mol. The van der Waals surface area contributed by atoms with Gasteiger partial charge in [-0.2, -0.15) is 0 Å². The summed E-state index contributed by atoms with van der Waals surface area (Å²) in [5, 5.41) is 6.32. The molecule has 0 aliphatic carbocycles. The number of hydrogen-bond acceptors (Lipinski definition) is 8. The number of ether oxygens (including phenoxy) is 4. The van der Waals surface area contributed by atoms with Crippen molar-refractivity contribution in [3.8, 4) is 0 Å². The molecular formula is C20H36N2O6. The van der Waals surface area contributed by atoms with Crippen LogP contribution in [-0.4, -0.2) is 77.5 Å². The van der Waals surface area contributed by atoms with Crippen LogP contribution in [0.5, 0.6) is 0 Å². The van der Waals surface area contributed by atoms with Crippen LogP contribution in [0.15, 0.2) is 23.5 Å². The van der Waals surface area contributed by atoms with Crippen molar-refractivity contribution in [2.45, 2.75) is 38.9 Å². The third-order valence-electron chi connectivity index (χ3n) is 4.25. The Kier molecular flexibility index (Phi) is 11.9. The fourth-order valence-electron chi connectivity index (χ4n) is 1.91. The summed E-state index contributed by atoms with van der Waals surface area (Å²) in [6.45, 7) is 8.39. The first-order chi connectivity index (χ1) is 13.0. The number of nitrogens with one attached hydrogen (secondary N) is 2. The highest BCUT2D eigenvalue weighted by Crippen LogP contribution is 2.11. The van der Waals surface area contributed by atoms with Gasteiger partial charge in [0.1, 0.15) is 11.2 Å². The molecule has 162 valence electrons. The van der Waals surface area contributed by atoms with Gasteiger partial charge in [0.05, 0.1) is 13.2 Å². The summed E-state index contributed by atoms with van der Waals surface area (Å²) in [4.78, 5) is 24.5. The minimum atomic E-state index is -0.901. The van der Waals surface area contributed by atoms with Crippen molar-refractivity contribution >= 4 is 11.6 Å². The standard InChI is InChI=1S/C20H36N2O6/c1-19(2,27-7)17(23)11-15(13-25-5)21-9-10-22-16(14-26-6)12-18(24)20(3,4)28-8/h11-12,21-22H,9-10,13-14H2,1-8H3. The number of rotatable bonds is 15. The zero-order valence-electron chi connectivity index (χ0n) is 18.4. The molecule has 0 rings (SSSR count). The van der Waals surface area contributed by atoms with Gasteiger partial charge in [-0.05, 0) is 27.7 Å². The van der Waals surface area contributed by atoms with Gasteiger partial charge in [0.2, 0.25) is 0 Å². The fourth-order valence-corrected chi connectivity index (χ4v) is 1.91. The molecule has 0 aromatic heterocycles. The van der Waals surface area contributed by atoms with Crippen LogP contribution < -0.4 is 10.6 Å². The normalized spacial score (nSPS) is 13.4. The molecule has 2 N–H and O–H groups in total. The molecule has 0 fully saturated rings. The monoisotopic (exact) mass is 400 g/mol. The lowest BCUT2D eigenvalue weighted by molar-refractivity contribution is -0.132. The lowest BCUT2D eigenvalue weighted by Gasteiger charge is -2.21. The molecule has 0 heterocycles. The highest BCUT2D eigenvalue weighted by Gasteiger charge is 2.26. The Morgan fingerprint density at radius 2 is 1.04 bits per heavy atom. The molecule has 0 unspecified atom stereocenters. The molecule has 0 bridgehead atoms. The van der Waals surface area contributed by atoms with Gasteiger partial charge in [-0.25, -0.2) is 0 Å². The molecule has 0 saturated heterocycles. The van der Waals surface area contributed by atoms with Crippen molar-refractivity contribution in [2.24, 2.45) is 0 Å². The van der Waals surface area contributed by atoms with Gasteiger partial charge in [-0.1, -0.05) is 0 Å². The van der Waals surface area contributed by atoms with Crippen molar-refractivity contribution in [2.75, 3.05) is 54.7 Å². The predicted molar refractivity (Wildman–Crippen MR) is 108 cm³/mol. The molecule has 0 radical (unpaired) electrons.